The maximum absolute atomic E-state index is 5.01. The van der Waals surface area contributed by atoms with E-state index in [2.05, 4.69) is 10.5 Å². The first-order chi connectivity index (χ1) is 5.43. The van der Waals surface area contributed by atoms with Gasteiger partial charge in [0.25, 0.3) is 0 Å². The summed E-state index contributed by atoms with van der Waals surface area (Å²) in [6.45, 7) is 0.592. The zero-order valence-corrected chi connectivity index (χ0v) is 9.56. The van der Waals surface area contributed by atoms with E-state index >= 15 is 0 Å². The molecule has 0 atom stereocenters. The number of hydrogen-bond donors (Lipinski definition) is 1. The smallest absolute Gasteiger partial charge is 0.0644 e. The zero-order valence-electron chi connectivity index (χ0n) is 6.72. The SMILES string of the molecule is N/C=N/[N-]Cc1ccccc1.[Y]. The molecule has 1 rings (SSSR count). The Hall–Kier alpha value is -0.406. The Balaban J connectivity index is 0.00000121. The van der Waals surface area contributed by atoms with Crippen LogP contribution in [0.1, 0.15) is 5.56 Å². The van der Waals surface area contributed by atoms with Gasteiger partial charge in [-0.25, -0.2) is 0 Å². The van der Waals surface area contributed by atoms with Crippen LogP contribution >= 0.6 is 0 Å². The summed E-state index contributed by atoms with van der Waals surface area (Å²) in [5.74, 6) is 0. The second-order valence-electron chi connectivity index (χ2n) is 2.05. The number of benzene rings is 1. The summed E-state index contributed by atoms with van der Waals surface area (Å²) in [5, 5.41) is 3.54. The largest absolute Gasteiger partial charge is 0.597 e. The molecule has 1 aromatic rings. The minimum absolute atomic E-state index is 0. The fourth-order valence-electron chi connectivity index (χ4n) is 0.753. The average molecular weight is 237 g/mol. The monoisotopic (exact) mass is 237 g/mol. The van der Waals surface area contributed by atoms with Gasteiger partial charge < -0.3 is 16.3 Å². The molecule has 0 aliphatic carbocycles. The van der Waals surface area contributed by atoms with Crippen LogP contribution in [0.5, 0.6) is 0 Å². The Bertz CT molecular complexity index is 223. The number of nitrogens with two attached hydrogens (primary N) is 1. The standard InChI is InChI=1S/C8H10N3.Y/c9-7-11-10-6-8-4-2-1-3-5-8;/h1-5,7H,6H2,(H2,9,11);/q-1;. The summed E-state index contributed by atoms with van der Waals surface area (Å²) in [6, 6.07) is 9.90. The van der Waals surface area contributed by atoms with Crippen molar-refractivity contribution in [1.82, 2.24) is 0 Å². The summed E-state index contributed by atoms with van der Waals surface area (Å²) >= 11 is 0. The third-order valence-corrected chi connectivity index (χ3v) is 1.24. The molecule has 0 bridgehead atoms. The third-order valence-electron chi connectivity index (χ3n) is 1.24. The molecular formula is C8H10N3Y-. The molecule has 1 aromatic carbocycles. The van der Waals surface area contributed by atoms with E-state index in [-0.39, 0.29) is 32.7 Å². The summed E-state index contributed by atoms with van der Waals surface area (Å²) < 4.78 is 0. The minimum atomic E-state index is 0. The molecular weight excluding hydrogens is 227 g/mol. The van der Waals surface area contributed by atoms with Crippen LogP contribution in [0.4, 0.5) is 0 Å². The van der Waals surface area contributed by atoms with Gasteiger partial charge in [0.05, 0.1) is 6.34 Å². The molecule has 0 aliphatic heterocycles. The van der Waals surface area contributed by atoms with E-state index in [4.69, 9.17) is 5.73 Å². The molecule has 0 unspecified atom stereocenters. The summed E-state index contributed by atoms with van der Waals surface area (Å²) in [6.07, 6.45) is 1.18. The van der Waals surface area contributed by atoms with Crippen LogP contribution in [0.2, 0.25) is 0 Å². The predicted octanol–water partition coefficient (Wildman–Crippen LogP) is 1.46. The molecule has 0 amide bonds. The van der Waals surface area contributed by atoms with Crippen LogP contribution in [-0.2, 0) is 39.3 Å². The minimum Gasteiger partial charge on any atom is -0.597 e. The van der Waals surface area contributed by atoms with Crippen molar-refractivity contribution in [2.24, 2.45) is 10.8 Å². The third kappa shape index (κ3) is 4.47. The number of hydrogen-bond acceptors (Lipinski definition) is 1. The van der Waals surface area contributed by atoms with Gasteiger partial charge in [-0.3, -0.25) is 0 Å². The predicted molar refractivity (Wildman–Crippen MR) is 46.2 cm³/mol. The normalized spacial score (nSPS) is 9.33. The van der Waals surface area contributed by atoms with Crippen molar-refractivity contribution in [3.63, 3.8) is 0 Å². The van der Waals surface area contributed by atoms with Crippen molar-refractivity contribution < 1.29 is 32.7 Å². The summed E-state index contributed by atoms with van der Waals surface area (Å²) in [5.41, 5.74) is 9.95. The molecule has 0 heterocycles. The molecule has 0 spiro atoms. The molecule has 4 heteroatoms. The molecule has 0 fully saturated rings. The molecule has 3 nitrogen and oxygen atoms in total. The molecule has 0 saturated carbocycles. The van der Waals surface area contributed by atoms with Gasteiger partial charge in [-0.15, -0.1) is 0 Å². The fraction of sp³-hybridized carbons (Fsp3) is 0.125. The summed E-state index contributed by atoms with van der Waals surface area (Å²) in [7, 11) is 0. The van der Waals surface area contributed by atoms with Gasteiger partial charge in [0.2, 0.25) is 0 Å². The maximum Gasteiger partial charge on any atom is 0.0644 e. The van der Waals surface area contributed by atoms with Crippen LogP contribution in [0.3, 0.4) is 0 Å². The zero-order chi connectivity index (χ0) is 7.94. The van der Waals surface area contributed by atoms with Crippen LogP contribution in [0, 0.1) is 0 Å². The van der Waals surface area contributed by atoms with Crippen molar-refractivity contribution in [3.8, 4) is 0 Å². The van der Waals surface area contributed by atoms with Crippen LogP contribution in [-0.4, -0.2) is 6.34 Å². The van der Waals surface area contributed by atoms with Gasteiger partial charge >= 0.3 is 0 Å². The molecule has 1 radical (unpaired) electrons. The Morgan fingerprint density at radius 1 is 1.33 bits per heavy atom. The molecule has 0 aromatic heterocycles. The summed E-state index contributed by atoms with van der Waals surface area (Å²) in [4.78, 5) is 0. The second-order valence-corrected chi connectivity index (χ2v) is 2.05. The van der Waals surface area contributed by atoms with Gasteiger partial charge in [0.1, 0.15) is 0 Å². The Morgan fingerprint density at radius 3 is 2.58 bits per heavy atom. The van der Waals surface area contributed by atoms with Crippen molar-refractivity contribution in [1.29, 1.82) is 0 Å². The van der Waals surface area contributed by atoms with E-state index in [1.54, 1.807) is 0 Å². The Morgan fingerprint density at radius 2 is 2.00 bits per heavy atom. The van der Waals surface area contributed by atoms with Crippen molar-refractivity contribution in [3.05, 3.63) is 41.3 Å². The number of nitrogens with zero attached hydrogens (tertiary/aromatic N) is 2. The van der Waals surface area contributed by atoms with E-state index in [9.17, 15) is 0 Å². The van der Waals surface area contributed by atoms with E-state index in [0.717, 1.165) is 5.56 Å². The second kappa shape index (κ2) is 7.25. The molecule has 0 aliphatic rings. The van der Waals surface area contributed by atoms with Gasteiger partial charge in [0.15, 0.2) is 0 Å². The van der Waals surface area contributed by atoms with Crippen molar-refractivity contribution in [2.45, 2.75) is 6.54 Å². The van der Waals surface area contributed by atoms with Crippen molar-refractivity contribution in [2.75, 3.05) is 0 Å². The first-order valence-electron chi connectivity index (χ1n) is 3.37. The van der Waals surface area contributed by atoms with Gasteiger partial charge in [0, 0.05) is 32.7 Å². The molecule has 0 saturated heterocycles. The van der Waals surface area contributed by atoms with Crippen LogP contribution < -0.4 is 5.73 Å². The molecule has 61 valence electrons. The van der Waals surface area contributed by atoms with E-state index < -0.39 is 0 Å². The van der Waals surface area contributed by atoms with Crippen LogP contribution in [0.15, 0.2) is 35.4 Å². The van der Waals surface area contributed by atoms with Gasteiger partial charge in [-0.1, -0.05) is 42.4 Å². The quantitative estimate of drug-likeness (QED) is 0.483. The van der Waals surface area contributed by atoms with Gasteiger partial charge in [-0.2, -0.15) is 0 Å². The van der Waals surface area contributed by atoms with E-state index in [1.807, 2.05) is 30.3 Å². The topological polar surface area (TPSA) is 52.5 Å². The molecule has 2 N–H and O–H groups in total. The first-order valence-corrected chi connectivity index (χ1v) is 3.37. The maximum atomic E-state index is 5.01. The van der Waals surface area contributed by atoms with E-state index in [1.165, 1.54) is 6.34 Å². The van der Waals surface area contributed by atoms with Gasteiger partial charge in [-0.05, 0) is 0 Å². The molecule has 12 heavy (non-hydrogen) atoms. The van der Waals surface area contributed by atoms with Crippen molar-refractivity contribution >= 4 is 6.34 Å². The Kier molecular flexibility index (Phi) is 7.01. The van der Waals surface area contributed by atoms with E-state index in [0.29, 0.717) is 6.54 Å². The number of rotatable bonds is 3. The first kappa shape index (κ1) is 11.6. The average Bonchev–Trinajstić information content (AvgIpc) is 2.07. The fourth-order valence-corrected chi connectivity index (χ4v) is 0.753. The Labute approximate surface area is 97.3 Å². The van der Waals surface area contributed by atoms with Crippen LogP contribution in [0.25, 0.3) is 5.43 Å².